The van der Waals surface area contributed by atoms with Crippen LogP contribution in [0.3, 0.4) is 0 Å². The van der Waals surface area contributed by atoms with Crippen LogP contribution in [-0.4, -0.2) is 5.16 Å². The largest absolute Gasteiger partial charge is 0.356 e. The highest BCUT2D eigenvalue weighted by Gasteiger charge is 2.07. The molecule has 2 aromatic rings. The van der Waals surface area contributed by atoms with Gasteiger partial charge in [-0.15, -0.1) is 0 Å². The molecule has 3 nitrogen and oxygen atoms in total. The fourth-order valence-corrected chi connectivity index (χ4v) is 1.23. The van der Waals surface area contributed by atoms with Crippen LogP contribution in [0.2, 0.25) is 0 Å². The van der Waals surface area contributed by atoms with Crippen molar-refractivity contribution in [2.24, 2.45) is 5.73 Å². The van der Waals surface area contributed by atoms with Crippen molar-refractivity contribution in [2.45, 2.75) is 6.54 Å². The Morgan fingerprint density at radius 2 is 2.00 bits per heavy atom. The number of hydrogen-bond acceptors (Lipinski definition) is 3. The summed E-state index contributed by atoms with van der Waals surface area (Å²) in [5.41, 5.74) is 7.48. The van der Waals surface area contributed by atoms with Crippen LogP contribution < -0.4 is 5.73 Å². The standard InChI is InChI=1S/C10H10N2O/c11-6-9-7-12-13-10(9)8-4-2-1-3-5-8/h1-5,7H,6,11H2. The number of rotatable bonds is 2. The van der Waals surface area contributed by atoms with Crippen molar-refractivity contribution in [3.8, 4) is 11.3 Å². The third-order valence-electron chi connectivity index (χ3n) is 1.90. The summed E-state index contributed by atoms with van der Waals surface area (Å²) in [6.07, 6.45) is 1.66. The zero-order chi connectivity index (χ0) is 9.10. The Labute approximate surface area is 76.2 Å². The van der Waals surface area contributed by atoms with E-state index in [9.17, 15) is 0 Å². The molecular formula is C10H10N2O. The maximum atomic E-state index is 5.53. The number of aromatic nitrogens is 1. The zero-order valence-electron chi connectivity index (χ0n) is 7.10. The van der Waals surface area contributed by atoms with Crippen molar-refractivity contribution >= 4 is 0 Å². The van der Waals surface area contributed by atoms with Gasteiger partial charge in [0.15, 0.2) is 5.76 Å². The van der Waals surface area contributed by atoms with E-state index in [2.05, 4.69) is 5.16 Å². The molecule has 0 fully saturated rings. The molecular weight excluding hydrogens is 164 g/mol. The second kappa shape index (κ2) is 3.41. The second-order valence-electron chi connectivity index (χ2n) is 2.75. The topological polar surface area (TPSA) is 52.0 Å². The molecule has 0 saturated heterocycles. The van der Waals surface area contributed by atoms with E-state index in [4.69, 9.17) is 10.3 Å². The van der Waals surface area contributed by atoms with E-state index in [-0.39, 0.29) is 0 Å². The number of nitrogens with zero attached hydrogens (tertiary/aromatic N) is 1. The van der Waals surface area contributed by atoms with Crippen molar-refractivity contribution in [3.05, 3.63) is 42.1 Å². The second-order valence-corrected chi connectivity index (χ2v) is 2.75. The van der Waals surface area contributed by atoms with Gasteiger partial charge in [-0.3, -0.25) is 0 Å². The molecule has 1 heterocycles. The lowest BCUT2D eigenvalue weighted by molar-refractivity contribution is 0.431. The summed E-state index contributed by atoms with van der Waals surface area (Å²) < 4.78 is 5.11. The fraction of sp³-hybridized carbons (Fsp3) is 0.100. The third-order valence-corrected chi connectivity index (χ3v) is 1.90. The number of hydrogen-bond donors (Lipinski definition) is 1. The van der Waals surface area contributed by atoms with Crippen molar-refractivity contribution in [1.82, 2.24) is 5.16 Å². The van der Waals surface area contributed by atoms with E-state index in [1.807, 2.05) is 30.3 Å². The highest BCUT2D eigenvalue weighted by molar-refractivity contribution is 5.60. The molecule has 0 radical (unpaired) electrons. The van der Waals surface area contributed by atoms with E-state index < -0.39 is 0 Å². The first-order valence-corrected chi connectivity index (χ1v) is 4.11. The van der Waals surface area contributed by atoms with Crippen LogP contribution in [-0.2, 0) is 6.54 Å². The SMILES string of the molecule is NCc1cnoc1-c1ccccc1. The molecule has 0 spiro atoms. The monoisotopic (exact) mass is 174 g/mol. The van der Waals surface area contributed by atoms with Gasteiger partial charge in [0.2, 0.25) is 0 Å². The van der Waals surface area contributed by atoms with Gasteiger partial charge in [0.25, 0.3) is 0 Å². The summed E-state index contributed by atoms with van der Waals surface area (Å²) in [6, 6.07) is 9.82. The molecule has 1 aromatic carbocycles. The van der Waals surface area contributed by atoms with Gasteiger partial charge >= 0.3 is 0 Å². The Morgan fingerprint density at radius 1 is 1.23 bits per heavy atom. The summed E-state index contributed by atoms with van der Waals surface area (Å²) in [5, 5.41) is 3.71. The lowest BCUT2D eigenvalue weighted by Gasteiger charge is -1.96. The van der Waals surface area contributed by atoms with Crippen LogP contribution in [0, 0.1) is 0 Å². The molecule has 0 aliphatic carbocycles. The molecule has 0 saturated carbocycles. The van der Waals surface area contributed by atoms with Crippen molar-refractivity contribution in [1.29, 1.82) is 0 Å². The molecule has 1 aromatic heterocycles. The summed E-state index contributed by atoms with van der Waals surface area (Å²) in [7, 11) is 0. The van der Waals surface area contributed by atoms with Crippen LogP contribution >= 0.6 is 0 Å². The summed E-state index contributed by atoms with van der Waals surface area (Å²) in [6.45, 7) is 0.452. The zero-order valence-corrected chi connectivity index (χ0v) is 7.10. The fourth-order valence-electron chi connectivity index (χ4n) is 1.23. The minimum absolute atomic E-state index is 0.452. The maximum Gasteiger partial charge on any atom is 0.171 e. The molecule has 0 aliphatic heterocycles. The Morgan fingerprint density at radius 3 is 2.69 bits per heavy atom. The number of nitrogens with two attached hydrogens (primary N) is 1. The van der Waals surface area contributed by atoms with E-state index in [1.165, 1.54) is 0 Å². The quantitative estimate of drug-likeness (QED) is 0.755. The molecule has 0 unspecified atom stereocenters. The Bertz CT molecular complexity index is 381. The summed E-state index contributed by atoms with van der Waals surface area (Å²) in [5.74, 6) is 0.767. The molecule has 0 bridgehead atoms. The highest BCUT2D eigenvalue weighted by Crippen LogP contribution is 2.22. The smallest absolute Gasteiger partial charge is 0.171 e. The average molecular weight is 174 g/mol. The lowest BCUT2D eigenvalue weighted by atomic mass is 10.1. The molecule has 13 heavy (non-hydrogen) atoms. The van der Waals surface area contributed by atoms with Crippen molar-refractivity contribution < 1.29 is 4.52 Å². The van der Waals surface area contributed by atoms with Crippen LogP contribution in [0.1, 0.15) is 5.56 Å². The molecule has 0 atom stereocenters. The number of benzene rings is 1. The van der Waals surface area contributed by atoms with Gasteiger partial charge in [-0.2, -0.15) is 0 Å². The highest BCUT2D eigenvalue weighted by atomic mass is 16.5. The van der Waals surface area contributed by atoms with Gasteiger partial charge in [-0.25, -0.2) is 0 Å². The van der Waals surface area contributed by atoms with Crippen molar-refractivity contribution in [3.63, 3.8) is 0 Å². The van der Waals surface area contributed by atoms with Crippen molar-refractivity contribution in [2.75, 3.05) is 0 Å². The van der Waals surface area contributed by atoms with Gasteiger partial charge in [0, 0.05) is 17.7 Å². The minimum atomic E-state index is 0.452. The molecule has 0 aliphatic rings. The minimum Gasteiger partial charge on any atom is -0.356 e. The summed E-state index contributed by atoms with van der Waals surface area (Å²) >= 11 is 0. The van der Waals surface area contributed by atoms with E-state index in [0.717, 1.165) is 16.9 Å². The Kier molecular flexibility index (Phi) is 2.10. The molecule has 66 valence electrons. The Hall–Kier alpha value is -1.61. The van der Waals surface area contributed by atoms with E-state index in [1.54, 1.807) is 6.20 Å². The first kappa shape index (κ1) is 8.01. The molecule has 3 heteroatoms. The maximum absolute atomic E-state index is 5.53. The molecule has 0 amide bonds. The normalized spacial score (nSPS) is 10.2. The molecule has 2 N–H and O–H groups in total. The molecule has 2 rings (SSSR count). The van der Waals surface area contributed by atoms with Crippen LogP contribution in [0.4, 0.5) is 0 Å². The lowest BCUT2D eigenvalue weighted by Crippen LogP contribution is -1.95. The summed E-state index contributed by atoms with van der Waals surface area (Å²) in [4.78, 5) is 0. The third kappa shape index (κ3) is 1.46. The first-order chi connectivity index (χ1) is 6.42. The van der Waals surface area contributed by atoms with E-state index >= 15 is 0 Å². The van der Waals surface area contributed by atoms with E-state index in [0.29, 0.717) is 6.54 Å². The predicted octanol–water partition coefficient (Wildman–Crippen LogP) is 1.80. The van der Waals surface area contributed by atoms with Crippen LogP contribution in [0.5, 0.6) is 0 Å². The first-order valence-electron chi connectivity index (χ1n) is 4.11. The van der Waals surface area contributed by atoms with Gasteiger partial charge in [-0.1, -0.05) is 35.5 Å². The van der Waals surface area contributed by atoms with Gasteiger partial charge < -0.3 is 10.3 Å². The predicted molar refractivity (Wildman–Crippen MR) is 49.8 cm³/mol. The van der Waals surface area contributed by atoms with Gasteiger partial charge in [-0.05, 0) is 0 Å². The van der Waals surface area contributed by atoms with Crippen LogP contribution in [0.25, 0.3) is 11.3 Å². The van der Waals surface area contributed by atoms with Gasteiger partial charge in [0.1, 0.15) is 0 Å². The Balaban J connectivity index is 2.47. The van der Waals surface area contributed by atoms with Gasteiger partial charge in [0.05, 0.1) is 6.20 Å². The van der Waals surface area contributed by atoms with Crippen LogP contribution in [0.15, 0.2) is 41.1 Å². The average Bonchev–Trinajstić information content (AvgIpc) is 2.67.